The number of hydrogen-bond acceptors (Lipinski definition) is 3. The van der Waals surface area contributed by atoms with E-state index in [4.69, 9.17) is 9.41 Å². The van der Waals surface area contributed by atoms with Crippen LogP contribution >= 0.6 is 11.3 Å². The normalized spacial score (nSPS) is 11.8. The van der Waals surface area contributed by atoms with Gasteiger partial charge >= 0.3 is 0 Å². The highest BCUT2D eigenvalue weighted by Gasteiger charge is 2.06. The molecule has 3 N–H and O–H groups in total. The van der Waals surface area contributed by atoms with Crippen molar-refractivity contribution in [3.05, 3.63) is 82.3 Å². The molecule has 0 bridgehead atoms. The van der Waals surface area contributed by atoms with Crippen molar-refractivity contribution in [2.75, 3.05) is 13.1 Å². The van der Waals surface area contributed by atoms with E-state index in [-0.39, 0.29) is 5.82 Å². The fraction of sp³-hybridized carbons (Fsp3) is 0.227. The summed E-state index contributed by atoms with van der Waals surface area (Å²) in [6, 6.07) is 12.8. The molecule has 0 aliphatic carbocycles. The number of fused-ring (bicyclic) bond motifs is 1. The maximum absolute atomic E-state index is 13.4. The molecule has 0 atom stereocenters. The van der Waals surface area contributed by atoms with Crippen molar-refractivity contribution >= 4 is 28.2 Å². The molecule has 0 aliphatic heterocycles. The van der Waals surface area contributed by atoms with Gasteiger partial charge in [0.15, 0.2) is 5.96 Å². The Balaban J connectivity index is 1.35. The molecule has 1 aromatic carbocycles. The van der Waals surface area contributed by atoms with Gasteiger partial charge in [-0.2, -0.15) is 0 Å². The lowest BCUT2D eigenvalue weighted by atomic mass is 10.1. The molecule has 5 nitrogen and oxygen atoms in total. The van der Waals surface area contributed by atoms with E-state index in [2.05, 4.69) is 27.1 Å². The summed E-state index contributed by atoms with van der Waals surface area (Å²) in [5.41, 5.74) is 1.98. The molecule has 7 heteroatoms. The van der Waals surface area contributed by atoms with Gasteiger partial charge < -0.3 is 20.0 Å². The maximum atomic E-state index is 13.4. The van der Waals surface area contributed by atoms with Crippen molar-refractivity contribution in [1.82, 2.24) is 15.6 Å². The zero-order chi connectivity index (χ0) is 19.9. The van der Waals surface area contributed by atoms with Crippen LogP contribution < -0.4 is 10.6 Å². The van der Waals surface area contributed by atoms with Crippen LogP contribution in [0.4, 0.5) is 4.39 Å². The number of thiophene rings is 1. The molecule has 4 aromatic rings. The third-order valence-corrected chi connectivity index (χ3v) is 5.49. The molecule has 0 fully saturated rings. The summed E-state index contributed by atoms with van der Waals surface area (Å²) in [6.45, 7) is 2.09. The van der Waals surface area contributed by atoms with Gasteiger partial charge in [0.05, 0.1) is 12.8 Å². The zero-order valence-corrected chi connectivity index (χ0v) is 16.8. The van der Waals surface area contributed by atoms with E-state index in [0.717, 1.165) is 54.1 Å². The molecule has 0 saturated carbocycles. The van der Waals surface area contributed by atoms with Gasteiger partial charge in [0.25, 0.3) is 0 Å². The first kappa shape index (κ1) is 19.3. The van der Waals surface area contributed by atoms with E-state index < -0.39 is 0 Å². The van der Waals surface area contributed by atoms with E-state index in [9.17, 15) is 4.39 Å². The smallest absolute Gasteiger partial charge is 0.191 e. The van der Waals surface area contributed by atoms with E-state index in [1.54, 1.807) is 17.6 Å². The number of nitrogens with zero attached hydrogens (tertiary/aromatic N) is 1. The third-order valence-electron chi connectivity index (χ3n) is 4.63. The molecule has 150 valence electrons. The molecular weight excluding hydrogens is 387 g/mol. The molecule has 4 rings (SSSR count). The van der Waals surface area contributed by atoms with Crippen LogP contribution in [0.15, 0.2) is 69.7 Å². The van der Waals surface area contributed by atoms with Gasteiger partial charge in [0.2, 0.25) is 0 Å². The Hall–Kier alpha value is -3.06. The van der Waals surface area contributed by atoms with Crippen molar-refractivity contribution in [2.45, 2.75) is 19.4 Å². The third kappa shape index (κ3) is 5.26. The van der Waals surface area contributed by atoms with E-state index in [1.165, 1.54) is 17.0 Å². The summed E-state index contributed by atoms with van der Waals surface area (Å²) < 4.78 is 18.7. The Kier molecular flexibility index (Phi) is 6.26. The van der Waals surface area contributed by atoms with Crippen LogP contribution in [0.1, 0.15) is 16.2 Å². The molecule has 0 aliphatic rings. The highest BCUT2D eigenvalue weighted by atomic mass is 32.1. The number of nitrogens with one attached hydrogen (secondary N) is 3. The highest BCUT2D eigenvalue weighted by Crippen LogP contribution is 2.19. The van der Waals surface area contributed by atoms with Crippen molar-refractivity contribution in [3.8, 4) is 0 Å². The van der Waals surface area contributed by atoms with E-state index in [1.807, 2.05) is 30.5 Å². The van der Waals surface area contributed by atoms with Gasteiger partial charge in [-0.3, -0.25) is 0 Å². The summed E-state index contributed by atoms with van der Waals surface area (Å²) in [5, 5.41) is 9.88. The fourth-order valence-electron chi connectivity index (χ4n) is 3.17. The van der Waals surface area contributed by atoms with Gasteiger partial charge in [-0.05, 0) is 53.8 Å². The average Bonchev–Trinajstić information content (AvgIpc) is 3.48. The zero-order valence-electron chi connectivity index (χ0n) is 16.0. The molecule has 0 radical (unpaired) electrons. The van der Waals surface area contributed by atoms with Crippen molar-refractivity contribution in [1.29, 1.82) is 0 Å². The van der Waals surface area contributed by atoms with E-state index >= 15 is 0 Å². The van der Waals surface area contributed by atoms with Gasteiger partial charge in [-0.25, -0.2) is 9.38 Å². The minimum Gasteiger partial charge on any atom is -0.469 e. The summed E-state index contributed by atoms with van der Waals surface area (Å²) in [6.07, 6.45) is 5.23. The second kappa shape index (κ2) is 9.43. The molecular formula is C22H23FN4OS. The monoisotopic (exact) mass is 410 g/mol. The molecule has 0 unspecified atom stereocenters. The average molecular weight is 411 g/mol. The number of aromatic amines is 1. The lowest BCUT2D eigenvalue weighted by Crippen LogP contribution is -2.39. The number of H-pyrrole nitrogens is 1. The Morgan fingerprint density at radius 2 is 2.00 bits per heavy atom. The van der Waals surface area contributed by atoms with Crippen LogP contribution in [0.25, 0.3) is 10.9 Å². The second-order valence-electron chi connectivity index (χ2n) is 6.68. The van der Waals surface area contributed by atoms with Gasteiger partial charge in [-0.15, -0.1) is 11.3 Å². The lowest BCUT2D eigenvalue weighted by Gasteiger charge is -2.12. The Labute approximate surface area is 172 Å². The Morgan fingerprint density at radius 1 is 1.10 bits per heavy atom. The van der Waals surface area contributed by atoms with Crippen LogP contribution in [-0.4, -0.2) is 24.0 Å². The Bertz CT molecular complexity index is 1050. The highest BCUT2D eigenvalue weighted by molar-refractivity contribution is 7.09. The van der Waals surface area contributed by atoms with E-state index in [0.29, 0.717) is 6.54 Å². The van der Waals surface area contributed by atoms with Gasteiger partial charge in [0.1, 0.15) is 11.6 Å². The summed E-state index contributed by atoms with van der Waals surface area (Å²) in [4.78, 5) is 9.05. The standard InChI is InChI=1S/C22H23FN4OS/c23-17-5-6-20-16(14-26-21(20)13-17)7-9-24-22(27-15-19-4-2-12-29-19)25-10-8-18-3-1-11-28-18/h1-6,11-14,26H,7-10,15H2,(H2,24,25,27). The first-order valence-corrected chi connectivity index (χ1v) is 10.5. The van der Waals surface area contributed by atoms with Crippen molar-refractivity contribution < 1.29 is 8.81 Å². The predicted octanol–water partition coefficient (Wildman–Crippen LogP) is 4.48. The summed E-state index contributed by atoms with van der Waals surface area (Å²) in [5.74, 6) is 1.49. The summed E-state index contributed by atoms with van der Waals surface area (Å²) >= 11 is 1.70. The maximum Gasteiger partial charge on any atom is 0.191 e. The molecule has 29 heavy (non-hydrogen) atoms. The minimum atomic E-state index is -0.229. The lowest BCUT2D eigenvalue weighted by molar-refractivity contribution is 0.506. The molecule has 0 saturated heterocycles. The molecule has 0 spiro atoms. The van der Waals surface area contributed by atoms with Crippen LogP contribution in [0.2, 0.25) is 0 Å². The number of guanidine groups is 1. The second-order valence-corrected chi connectivity index (χ2v) is 7.71. The number of rotatable bonds is 8. The van der Waals surface area contributed by atoms with Gasteiger partial charge in [-0.1, -0.05) is 6.07 Å². The SMILES string of the molecule is Fc1ccc2c(CCNC(=NCc3cccs3)NCCc3ccco3)c[nH]c2c1. The van der Waals surface area contributed by atoms with Gasteiger partial charge in [0, 0.05) is 41.5 Å². The predicted molar refractivity (Wildman–Crippen MR) is 116 cm³/mol. The number of aromatic nitrogens is 1. The number of hydrogen-bond donors (Lipinski definition) is 3. The quantitative estimate of drug-likeness (QED) is 0.296. The summed E-state index contributed by atoms with van der Waals surface area (Å²) in [7, 11) is 0. The first-order valence-electron chi connectivity index (χ1n) is 9.60. The van der Waals surface area contributed by atoms with Crippen LogP contribution in [-0.2, 0) is 19.4 Å². The molecule has 3 aromatic heterocycles. The minimum absolute atomic E-state index is 0.229. The molecule has 0 amide bonds. The van der Waals surface area contributed by atoms with Crippen molar-refractivity contribution in [2.24, 2.45) is 4.99 Å². The molecule has 3 heterocycles. The number of furan rings is 1. The topological polar surface area (TPSA) is 65.3 Å². The number of benzene rings is 1. The fourth-order valence-corrected chi connectivity index (χ4v) is 3.80. The van der Waals surface area contributed by atoms with Crippen LogP contribution in [0, 0.1) is 5.82 Å². The Morgan fingerprint density at radius 3 is 2.79 bits per heavy atom. The first-order chi connectivity index (χ1) is 14.3. The van der Waals surface area contributed by atoms with Crippen molar-refractivity contribution in [3.63, 3.8) is 0 Å². The largest absolute Gasteiger partial charge is 0.469 e. The number of halogens is 1. The number of aliphatic imine (C=N–C) groups is 1. The van der Waals surface area contributed by atoms with Crippen LogP contribution in [0.3, 0.4) is 0 Å². The van der Waals surface area contributed by atoms with Crippen LogP contribution in [0.5, 0.6) is 0 Å².